The van der Waals surface area contributed by atoms with Crippen molar-refractivity contribution in [3.8, 4) is 28.7 Å². The van der Waals surface area contributed by atoms with Crippen molar-refractivity contribution < 1.29 is 4.74 Å². The summed E-state index contributed by atoms with van der Waals surface area (Å²) in [7, 11) is -3.80. The first-order chi connectivity index (χ1) is 11.7. The van der Waals surface area contributed by atoms with Crippen molar-refractivity contribution >= 4 is 24.2 Å². The monoisotopic (exact) mass is 400 g/mol. The van der Waals surface area contributed by atoms with Crippen LogP contribution in [0.1, 0.15) is 17.5 Å². The Balaban J connectivity index is 3.03. The summed E-state index contributed by atoms with van der Waals surface area (Å²) < 4.78 is 6.06. The Bertz CT molecular complexity index is 673. The lowest BCUT2D eigenvalue weighted by atomic mass is 10.1. The highest BCUT2D eigenvalue weighted by Crippen LogP contribution is 2.19. The van der Waals surface area contributed by atoms with Gasteiger partial charge in [0.05, 0.1) is 6.61 Å². The molecule has 0 fully saturated rings. The Morgan fingerprint density at radius 1 is 0.731 bits per heavy atom. The molecule has 4 heteroatoms. The third kappa shape index (κ3) is 11.4. The van der Waals surface area contributed by atoms with Crippen LogP contribution < -0.4 is 4.74 Å². The molecule has 1 nitrogen and oxygen atoms in total. The highest BCUT2D eigenvalue weighted by atomic mass is 28.3. The molecule has 0 bridgehead atoms. The van der Waals surface area contributed by atoms with Crippen molar-refractivity contribution in [3.63, 3.8) is 0 Å². The lowest BCUT2D eigenvalue weighted by Crippen LogP contribution is -2.20. The van der Waals surface area contributed by atoms with Gasteiger partial charge in [-0.05, 0) is 24.6 Å². The molecule has 1 aromatic rings. The summed E-state index contributed by atoms with van der Waals surface area (Å²) in [6, 6.07) is 7.54. The molecule has 1 rings (SSSR count). The third-order valence-corrected chi connectivity index (χ3v) is 7.01. The minimum Gasteiger partial charge on any atom is -0.494 e. The fourth-order valence-electron chi connectivity index (χ4n) is 2.14. The fraction of sp³-hybridized carbons (Fsp3) is 0.545. The fourth-order valence-corrected chi connectivity index (χ4v) is 4.38. The number of hydrogen-bond donors (Lipinski definition) is 0. The Labute approximate surface area is 165 Å². The minimum atomic E-state index is -1.40. The van der Waals surface area contributed by atoms with E-state index in [1.165, 1.54) is 6.04 Å². The predicted octanol–water partition coefficient (Wildman–Crippen LogP) is 6.25. The molecular weight excluding hydrogens is 364 g/mol. The molecule has 0 radical (unpaired) electrons. The molecule has 0 spiro atoms. The van der Waals surface area contributed by atoms with Gasteiger partial charge in [-0.15, -0.1) is 11.1 Å². The SMILES string of the molecule is C[Si](C)(C)C#Cc1cc(C#C[Si](C)(C)C)cc(OCCC[Si](C)(C)C)c1. The van der Waals surface area contributed by atoms with Crippen molar-refractivity contribution in [1.29, 1.82) is 0 Å². The van der Waals surface area contributed by atoms with Crippen LogP contribution in [-0.4, -0.2) is 30.8 Å². The number of benzene rings is 1. The predicted molar refractivity (Wildman–Crippen MR) is 125 cm³/mol. The maximum atomic E-state index is 6.06. The zero-order valence-corrected chi connectivity index (χ0v) is 21.3. The maximum Gasteiger partial charge on any atom is 0.129 e. The first-order valence-corrected chi connectivity index (χ1v) is 20.3. The van der Waals surface area contributed by atoms with Gasteiger partial charge in [0, 0.05) is 19.2 Å². The maximum absolute atomic E-state index is 6.06. The highest BCUT2D eigenvalue weighted by Gasteiger charge is 2.12. The zero-order valence-electron chi connectivity index (χ0n) is 18.3. The molecule has 0 amide bonds. The van der Waals surface area contributed by atoms with E-state index in [9.17, 15) is 0 Å². The van der Waals surface area contributed by atoms with Crippen LogP contribution in [-0.2, 0) is 0 Å². The van der Waals surface area contributed by atoms with Crippen molar-refractivity contribution in [2.24, 2.45) is 0 Å². The van der Waals surface area contributed by atoms with E-state index in [2.05, 4.69) is 100 Å². The van der Waals surface area contributed by atoms with E-state index in [1.54, 1.807) is 0 Å². The molecule has 0 heterocycles. The summed E-state index contributed by atoms with van der Waals surface area (Å²) in [4.78, 5) is 0. The summed E-state index contributed by atoms with van der Waals surface area (Å²) in [5, 5.41) is 0. The summed E-state index contributed by atoms with van der Waals surface area (Å²) in [6.45, 7) is 21.6. The second kappa shape index (κ2) is 9.13. The van der Waals surface area contributed by atoms with Gasteiger partial charge in [-0.3, -0.25) is 0 Å². The van der Waals surface area contributed by atoms with Gasteiger partial charge in [0.2, 0.25) is 0 Å². The van der Waals surface area contributed by atoms with Gasteiger partial charge in [0.25, 0.3) is 0 Å². The molecule has 0 aromatic heterocycles. The van der Waals surface area contributed by atoms with Gasteiger partial charge in [0.1, 0.15) is 21.9 Å². The van der Waals surface area contributed by atoms with Gasteiger partial charge >= 0.3 is 0 Å². The average molecular weight is 401 g/mol. The van der Waals surface area contributed by atoms with Crippen molar-refractivity contribution in [1.82, 2.24) is 0 Å². The smallest absolute Gasteiger partial charge is 0.129 e. The first-order valence-electron chi connectivity index (χ1n) is 9.58. The molecule has 0 N–H and O–H groups in total. The van der Waals surface area contributed by atoms with Crippen LogP contribution in [0.3, 0.4) is 0 Å². The molecule has 26 heavy (non-hydrogen) atoms. The van der Waals surface area contributed by atoms with Crippen LogP contribution in [0.5, 0.6) is 5.75 Å². The Kier molecular flexibility index (Phi) is 8.02. The molecule has 142 valence electrons. The van der Waals surface area contributed by atoms with Crippen molar-refractivity contribution in [2.75, 3.05) is 6.61 Å². The molecule has 0 aliphatic heterocycles. The molecular formula is C22H36OSi3. The van der Waals surface area contributed by atoms with Gasteiger partial charge in [-0.2, -0.15) is 0 Å². The van der Waals surface area contributed by atoms with E-state index in [0.717, 1.165) is 29.9 Å². The van der Waals surface area contributed by atoms with Gasteiger partial charge in [0.15, 0.2) is 0 Å². The van der Waals surface area contributed by atoms with Crippen LogP contribution in [0.4, 0.5) is 0 Å². The standard InChI is InChI=1S/C22H36OSi3/c1-24(2,3)14-10-13-23-22-18-20(11-15-25(4,5)6)17-21(19-22)12-16-26(7,8)9/h17-19H,10,13-14H2,1-9H3. The van der Waals surface area contributed by atoms with E-state index in [-0.39, 0.29) is 0 Å². The van der Waals surface area contributed by atoms with E-state index < -0.39 is 24.2 Å². The van der Waals surface area contributed by atoms with Crippen LogP contribution >= 0.6 is 0 Å². The summed E-state index contributed by atoms with van der Waals surface area (Å²) in [5.41, 5.74) is 8.95. The number of ether oxygens (including phenoxy) is 1. The van der Waals surface area contributed by atoms with Crippen LogP contribution in [0.15, 0.2) is 18.2 Å². The third-order valence-electron chi connectivity index (χ3n) is 3.41. The molecule has 1 aromatic carbocycles. The lowest BCUT2D eigenvalue weighted by Gasteiger charge is -2.15. The molecule has 0 saturated carbocycles. The second-order valence-corrected chi connectivity index (χ2v) is 25.4. The number of rotatable bonds is 5. The summed E-state index contributed by atoms with van der Waals surface area (Å²) in [5.74, 6) is 7.62. The van der Waals surface area contributed by atoms with E-state index in [4.69, 9.17) is 4.74 Å². The molecule has 0 unspecified atom stereocenters. The van der Waals surface area contributed by atoms with E-state index >= 15 is 0 Å². The van der Waals surface area contributed by atoms with Gasteiger partial charge in [-0.25, -0.2) is 0 Å². The van der Waals surface area contributed by atoms with E-state index in [1.807, 2.05) is 0 Å². The quantitative estimate of drug-likeness (QED) is 0.322. The van der Waals surface area contributed by atoms with Crippen LogP contribution in [0.25, 0.3) is 0 Å². The van der Waals surface area contributed by atoms with Crippen molar-refractivity contribution in [2.45, 2.75) is 71.4 Å². The van der Waals surface area contributed by atoms with Crippen molar-refractivity contribution in [3.05, 3.63) is 29.3 Å². The second-order valence-electron chi connectivity index (χ2n) is 10.3. The van der Waals surface area contributed by atoms with Crippen LogP contribution in [0.2, 0.25) is 65.0 Å². The Morgan fingerprint density at radius 2 is 1.19 bits per heavy atom. The lowest BCUT2D eigenvalue weighted by molar-refractivity contribution is 0.316. The largest absolute Gasteiger partial charge is 0.494 e. The zero-order chi connectivity index (χ0) is 20.0. The Morgan fingerprint density at radius 3 is 1.58 bits per heavy atom. The molecule has 0 aliphatic carbocycles. The van der Waals surface area contributed by atoms with Crippen LogP contribution in [0, 0.1) is 22.9 Å². The number of hydrogen-bond acceptors (Lipinski definition) is 1. The molecule has 0 saturated heterocycles. The van der Waals surface area contributed by atoms with Gasteiger partial charge in [-0.1, -0.05) is 76.8 Å². The summed E-state index contributed by atoms with van der Waals surface area (Å²) in [6.07, 6.45) is 1.12. The van der Waals surface area contributed by atoms with E-state index in [0.29, 0.717) is 0 Å². The normalized spacial score (nSPS) is 11.9. The Hall–Kier alpha value is -1.21. The first kappa shape index (κ1) is 22.8. The molecule has 0 atom stereocenters. The topological polar surface area (TPSA) is 9.23 Å². The minimum absolute atomic E-state index is 0.774. The average Bonchev–Trinajstić information content (AvgIpc) is 2.45. The highest BCUT2D eigenvalue weighted by molar-refractivity contribution is 6.84. The summed E-state index contributed by atoms with van der Waals surface area (Å²) >= 11 is 0. The molecule has 0 aliphatic rings. The van der Waals surface area contributed by atoms with Gasteiger partial charge < -0.3 is 4.74 Å².